The number of hydrogen-bond donors (Lipinski definition) is 1. The van der Waals surface area contributed by atoms with Crippen molar-refractivity contribution in [2.45, 2.75) is 46.5 Å². The molecule has 0 unspecified atom stereocenters. The standard InChI is InChI=1S/C23H30N6O4S/c1-22(2)17(23(22,3)4)21(31)28-11-8-14(9-12-28)20-25-15(13-34-20)19(30)26-27(5)18-16(29(32)33)7-6-10-24-18/h6-7,10,13-14,17H,8-9,11-12H2,1-5H3,(H,26,30). The molecule has 1 saturated carbocycles. The number of aromatic nitrogens is 2. The predicted molar refractivity (Wildman–Crippen MR) is 128 cm³/mol. The minimum atomic E-state index is -0.547. The summed E-state index contributed by atoms with van der Waals surface area (Å²) in [5, 5.41) is 15.0. The van der Waals surface area contributed by atoms with Gasteiger partial charge in [-0.05, 0) is 29.7 Å². The lowest BCUT2D eigenvalue weighted by Crippen LogP contribution is -2.40. The Hall–Kier alpha value is -3.08. The van der Waals surface area contributed by atoms with Gasteiger partial charge in [-0.25, -0.2) is 9.97 Å². The van der Waals surface area contributed by atoms with Crippen molar-refractivity contribution in [1.82, 2.24) is 20.3 Å². The molecule has 0 spiro atoms. The molecule has 1 aliphatic carbocycles. The summed E-state index contributed by atoms with van der Waals surface area (Å²) in [4.78, 5) is 46.9. The molecular weight excluding hydrogens is 456 g/mol. The summed E-state index contributed by atoms with van der Waals surface area (Å²) in [7, 11) is 1.50. The summed E-state index contributed by atoms with van der Waals surface area (Å²) in [5.41, 5.74) is 2.71. The van der Waals surface area contributed by atoms with Crippen LogP contribution in [0.2, 0.25) is 0 Å². The second kappa shape index (κ2) is 8.61. The number of hydrogen-bond acceptors (Lipinski definition) is 8. The third kappa shape index (κ3) is 4.13. The number of rotatable bonds is 6. The van der Waals surface area contributed by atoms with E-state index in [1.165, 1.54) is 41.7 Å². The quantitative estimate of drug-likeness (QED) is 0.489. The highest BCUT2D eigenvalue weighted by molar-refractivity contribution is 7.09. The molecule has 2 aromatic rings. The van der Waals surface area contributed by atoms with Crippen LogP contribution < -0.4 is 10.4 Å². The summed E-state index contributed by atoms with van der Waals surface area (Å²) >= 11 is 1.43. The van der Waals surface area contributed by atoms with E-state index in [1.54, 1.807) is 5.38 Å². The minimum absolute atomic E-state index is 0.0291. The minimum Gasteiger partial charge on any atom is -0.342 e. The molecule has 0 atom stereocenters. The van der Waals surface area contributed by atoms with E-state index in [0.29, 0.717) is 13.1 Å². The van der Waals surface area contributed by atoms with Gasteiger partial charge in [-0.2, -0.15) is 0 Å². The fraction of sp³-hybridized carbons (Fsp3) is 0.565. The number of amides is 2. The molecule has 4 rings (SSSR count). The van der Waals surface area contributed by atoms with Gasteiger partial charge in [-0.15, -0.1) is 11.3 Å². The molecule has 10 nitrogen and oxygen atoms in total. The Morgan fingerprint density at radius 2 is 1.88 bits per heavy atom. The third-order valence-corrected chi connectivity index (χ3v) is 8.74. The van der Waals surface area contributed by atoms with Gasteiger partial charge in [0, 0.05) is 49.6 Å². The van der Waals surface area contributed by atoms with Gasteiger partial charge in [-0.1, -0.05) is 27.7 Å². The smallest absolute Gasteiger partial charge is 0.313 e. The maximum absolute atomic E-state index is 13.0. The van der Waals surface area contributed by atoms with Crippen LogP contribution in [0.25, 0.3) is 0 Å². The zero-order chi connectivity index (χ0) is 24.8. The topological polar surface area (TPSA) is 122 Å². The highest BCUT2D eigenvalue weighted by atomic mass is 32.1. The fourth-order valence-electron chi connectivity index (χ4n) is 4.97. The molecule has 0 aromatic carbocycles. The summed E-state index contributed by atoms with van der Waals surface area (Å²) in [6.45, 7) is 10.0. The first kappa shape index (κ1) is 24.1. The van der Waals surface area contributed by atoms with Gasteiger partial charge in [0.2, 0.25) is 11.7 Å². The molecule has 1 aliphatic heterocycles. The van der Waals surface area contributed by atoms with E-state index in [0.717, 1.165) is 17.8 Å². The maximum atomic E-state index is 13.0. The molecule has 3 heterocycles. The number of thiazole rings is 1. The number of anilines is 1. The first-order valence-electron chi connectivity index (χ1n) is 11.3. The van der Waals surface area contributed by atoms with E-state index in [4.69, 9.17) is 0 Å². The van der Waals surface area contributed by atoms with Crippen LogP contribution in [0.5, 0.6) is 0 Å². The SMILES string of the molecule is CN(NC(=O)c1csc(C2CCN(C(=O)C3C(C)(C)C3(C)C)CC2)n1)c1ncccc1[N+](=O)[O-]. The van der Waals surface area contributed by atoms with E-state index in [9.17, 15) is 19.7 Å². The lowest BCUT2D eigenvalue weighted by Gasteiger charge is -2.31. The highest BCUT2D eigenvalue weighted by Gasteiger charge is 2.68. The van der Waals surface area contributed by atoms with E-state index < -0.39 is 10.8 Å². The van der Waals surface area contributed by atoms with Crippen LogP contribution in [0.3, 0.4) is 0 Å². The highest BCUT2D eigenvalue weighted by Crippen LogP contribution is 2.68. The van der Waals surface area contributed by atoms with Gasteiger partial charge in [0.1, 0.15) is 5.69 Å². The normalized spacial score (nSPS) is 19.5. The first-order chi connectivity index (χ1) is 15.9. The Labute approximate surface area is 202 Å². The number of nitrogens with zero attached hydrogens (tertiary/aromatic N) is 5. The Kier molecular flexibility index (Phi) is 6.09. The van der Waals surface area contributed by atoms with Crippen LogP contribution in [0.4, 0.5) is 11.5 Å². The molecule has 2 amide bonds. The molecule has 1 N–H and O–H groups in total. The number of carbonyl (C=O) groups is 2. The van der Waals surface area contributed by atoms with Gasteiger partial charge in [0.05, 0.1) is 9.93 Å². The van der Waals surface area contributed by atoms with Crippen molar-refractivity contribution in [1.29, 1.82) is 0 Å². The number of likely N-dealkylation sites (tertiary alicyclic amines) is 1. The van der Waals surface area contributed by atoms with Crippen molar-refractivity contribution in [3.63, 3.8) is 0 Å². The molecule has 0 bridgehead atoms. The van der Waals surface area contributed by atoms with Crippen molar-refractivity contribution in [3.05, 3.63) is 44.5 Å². The number of nitrogens with one attached hydrogen (secondary N) is 1. The number of carbonyl (C=O) groups excluding carboxylic acids is 2. The molecule has 11 heteroatoms. The molecule has 182 valence electrons. The van der Waals surface area contributed by atoms with E-state index >= 15 is 0 Å². The van der Waals surface area contributed by atoms with Gasteiger partial charge < -0.3 is 4.90 Å². The third-order valence-electron chi connectivity index (χ3n) is 7.73. The first-order valence-corrected chi connectivity index (χ1v) is 12.2. The van der Waals surface area contributed by atoms with Crippen molar-refractivity contribution < 1.29 is 14.5 Å². The van der Waals surface area contributed by atoms with E-state index in [-0.39, 0.29) is 45.8 Å². The molecule has 1 saturated heterocycles. The van der Waals surface area contributed by atoms with Crippen LogP contribution in [-0.4, -0.2) is 51.7 Å². The monoisotopic (exact) mass is 486 g/mol. The summed E-state index contributed by atoms with van der Waals surface area (Å²) in [5.74, 6) is 0.0921. The van der Waals surface area contributed by atoms with Crippen LogP contribution in [0.1, 0.15) is 62.0 Å². The Balaban J connectivity index is 1.35. The fourth-order valence-corrected chi connectivity index (χ4v) is 5.95. The van der Waals surface area contributed by atoms with Gasteiger partial charge in [0.15, 0.2) is 0 Å². The largest absolute Gasteiger partial charge is 0.342 e. The zero-order valence-electron chi connectivity index (χ0n) is 20.1. The van der Waals surface area contributed by atoms with Gasteiger partial charge in [-0.3, -0.25) is 30.1 Å². The Bertz CT molecular complexity index is 1110. The lowest BCUT2D eigenvalue weighted by atomic mass is 9.96. The average molecular weight is 487 g/mol. The van der Waals surface area contributed by atoms with Crippen LogP contribution >= 0.6 is 11.3 Å². The number of piperidine rings is 1. The second-order valence-electron chi connectivity index (χ2n) is 10.2. The van der Waals surface area contributed by atoms with Crippen molar-refractivity contribution in [2.24, 2.45) is 16.7 Å². The van der Waals surface area contributed by atoms with Crippen LogP contribution in [0, 0.1) is 26.9 Å². The summed E-state index contributed by atoms with van der Waals surface area (Å²) in [6.07, 6.45) is 3.05. The van der Waals surface area contributed by atoms with Crippen molar-refractivity contribution in [2.75, 3.05) is 25.1 Å². The van der Waals surface area contributed by atoms with Gasteiger partial charge in [0.25, 0.3) is 5.91 Å². The van der Waals surface area contributed by atoms with Crippen LogP contribution in [-0.2, 0) is 4.79 Å². The average Bonchev–Trinajstić information content (AvgIpc) is 3.13. The Morgan fingerprint density at radius 1 is 1.24 bits per heavy atom. The predicted octanol–water partition coefficient (Wildman–Crippen LogP) is 3.62. The molecule has 2 aliphatic rings. The van der Waals surface area contributed by atoms with Crippen molar-refractivity contribution >= 4 is 34.7 Å². The van der Waals surface area contributed by atoms with Crippen molar-refractivity contribution in [3.8, 4) is 0 Å². The molecule has 34 heavy (non-hydrogen) atoms. The zero-order valence-corrected chi connectivity index (χ0v) is 20.9. The van der Waals surface area contributed by atoms with E-state index in [2.05, 4.69) is 43.1 Å². The number of pyridine rings is 1. The molecule has 0 radical (unpaired) electrons. The van der Waals surface area contributed by atoms with Crippen LogP contribution in [0.15, 0.2) is 23.7 Å². The van der Waals surface area contributed by atoms with E-state index in [1.807, 2.05) is 4.90 Å². The van der Waals surface area contributed by atoms with Gasteiger partial charge >= 0.3 is 5.69 Å². The molecular formula is C23H30N6O4S. The summed E-state index contributed by atoms with van der Waals surface area (Å²) in [6, 6.07) is 2.80. The lowest BCUT2D eigenvalue weighted by molar-refractivity contribution is -0.384. The Morgan fingerprint density at radius 3 is 2.47 bits per heavy atom. The summed E-state index contributed by atoms with van der Waals surface area (Å²) < 4.78 is 0. The number of nitro groups is 1. The molecule has 2 fully saturated rings. The maximum Gasteiger partial charge on any atom is 0.313 e. The molecule has 2 aromatic heterocycles. The second-order valence-corrected chi connectivity index (χ2v) is 11.0. The number of hydrazine groups is 1.